The van der Waals surface area contributed by atoms with Crippen molar-refractivity contribution in [2.75, 3.05) is 25.2 Å². The van der Waals surface area contributed by atoms with Gasteiger partial charge in [0.2, 0.25) is 0 Å². The van der Waals surface area contributed by atoms with E-state index in [1.807, 2.05) is 0 Å². The summed E-state index contributed by atoms with van der Waals surface area (Å²) in [6, 6.07) is 15.1. The number of nitrogens with zero attached hydrogens (tertiary/aromatic N) is 2. The first-order valence-electron chi connectivity index (χ1n) is 14.8. The number of halogens is 1. The van der Waals surface area contributed by atoms with E-state index in [0.717, 1.165) is 43.4 Å². The number of aliphatic hydroxyl groups excluding tert-OH is 1. The molecule has 1 N–H and O–H groups in total. The molecule has 230 valence electrons. The van der Waals surface area contributed by atoms with E-state index in [-0.39, 0.29) is 16.5 Å². The summed E-state index contributed by atoms with van der Waals surface area (Å²) in [6.07, 6.45) is 4.82. The zero-order valence-electron chi connectivity index (χ0n) is 25.0. The van der Waals surface area contributed by atoms with Gasteiger partial charge in [0.05, 0.1) is 42.2 Å². The molecular formula is C34H35FN2O6S. The molecule has 44 heavy (non-hydrogen) atoms. The summed E-state index contributed by atoms with van der Waals surface area (Å²) >= 11 is 1.09. The molecule has 2 heterocycles. The number of fused-ring (bicyclic) bond motifs is 1. The Morgan fingerprint density at radius 1 is 0.955 bits per heavy atom. The highest BCUT2D eigenvalue weighted by Gasteiger charge is 2.48. The maximum absolute atomic E-state index is 14.0. The zero-order valence-corrected chi connectivity index (χ0v) is 25.8. The molecule has 0 radical (unpaired) electrons. The maximum Gasteiger partial charge on any atom is 0.301 e. The second-order valence-corrected chi connectivity index (χ2v) is 11.5. The summed E-state index contributed by atoms with van der Waals surface area (Å²) < 4.78 is 31.9. The number of carbonyl (C=O) groups is 2. The van der Waals surface area contributed by atoms with Crippen molar-refractivity contribution in [3.63, 3.8) is 0 Å². The Morgan fingerprint density at radius 2 is 1.75 bits per heavy atom. The normalized spacial score (nSPS) is 16.1. The Labute approximate surface area is 259 Å². The average Bonchev–Trinajstić information content (AvgIpc) is 3.56. The number of carbonyl (C=O) groups excluding carboxylic acids is 2. The molecule has 1 amide bonds. The molecule has 8 nitrogen and oxygen atoms in total. The molecule has 1 atom stereocenters. The van der Waals surface area contributed by atoms with Crippen LogP contribution >= 0.6 is 11.3 Å². The monoisotopic (exact) mass is 618 g/mol. The molecule has 3 aromatic carbocycles. The van der Waals surface area contributed by atoms with Crippen LogP contribution in [-0.4, -0.2) is 42.1 Å². The van der Waals surface area contributed by atoms with E-state index in [1.54, 1.807) is 42.5 Å². The Bertz CT molecular complexity index is 1700. The van der Waals surface area contributed by atoms with E-state index in [0.29, 0.717) is 51.8 Å². The van der Waals surface area contributed by atoms with E-state index in [2.05, 4.69) is 18.8 Å². The van der Waals surface area contributed by atoms with Gasteiger partial charge in [-0.15, -0.1) is 0 Å². The number of thiazole rings is 1. The van der Waals surface area contributed by atoms with Crippen molar-refractivity contribution in [3.8, 4) is 17.2 Å². The fraction of sp³-hybridized carbons (Fsp3) is 0.324. The number of methoxy groups -OCH3 is 1. The number of Topliss-reactive ketones (excluding diaryl/α,β-unsaturated/α-hetero) is 1. The summed E-state index contributed by atoms with van der Waals surface area (Å²) in [6.45, 7) is 5.20. The molecule has 1 aliphatic heterocycles. The third-order valence-corrected chi connectivity index (χ3v) is 8.39. The minimum absolute atomic E-state index is 0.107. The van der Waals surface area contributed by atoms with Crippen LogP contribution in [0.25, 0.3) is 16.0 Å². The van der Waals surface area contributed by atoms with Gasteiger partial charge in [0.15, 0.2) is 16.6 Å². The van der Waals surface area contributed by atoms with E-state index in [1.165, 1.54) is 30.2 Å². The molecule has 0 spiro atoms. The number of benzene rings is 3. The number of ether oxygens (including phenoxy) is 3. The van der Waals surface area contributed by atoms with Crippen LogP contribution in [0.5, 0.6) is 17.2 Å². The van der Waals surface area contributed by atoms with E-state index >= 15 is 0 Å². The third kappa shape index (κ3) is 6.40. The first-order chi connectivity index (χ1) is 21.4. The largest absolute Gasteiger partial charge is 0.507 e. The van der Waals surface area contributed by atoms with Gasteiger partial charge in [0.1, 0.15) is 17.3 Å². The molecule has 0 bridgehead atoms. The number of anilines is 1. The first kappa shape index (κ1) is 31.0. The lowest BCUT2D eigenvalue weighted by molar-refractivity contribution is -0.132. The van der Waals surface area contributed by atoms with Crippen molar-refractivity contribution in [1.82, 2.24) is 4.98 Å². The number of hydrogen-bond acceptors (Lipinski definition) is 8. The van der Waals surface area contributed by atoms with Gasteiger partial charge in [-0.3, -0.25) is 14.5 Å². The minimum atomic E-state index is -1.05. The van der Waals surface area contributed by atoms with Gasteiger partial charge in [0.25, 0.3) is 5.78 Å². The van der Waals surface area contributed by atoms with Crippen molar-refractivity contribution in [2.45, 2.75) is 52.0 Å². The number of unbranched alkanes of at least 4 members (excludes halogenated alkanes) is 3. The van der Waals surface area contributed by atoms with Crippen molar-refractivity contribution in [1.29, 1.82) is 0 Å². The first-order valence-corrected chi connectivity index (χ1v) is 15.6. The molecule has 1 aromatic heterocycles. The zero-order chi connectivity index (χ0) is 31.2. The average molecular weight is 619 g/mol. The lowest BCUT2D eigenvalue weighted by Crippen LogP contribution is -2.29. The molecular weight excluding hydrogens is 583 g/mol. The lowest BCUT2D eigenvalue weighted by atomic mass is 9.95. The van der Waals surface area contributed by atoms with Crippen molar-refractivity contribution >= 4 is 44.1 Å². The van der Waals surface area contributed by atoms with Crippen LogP contribution in [0.3, 0.4) is 0 Å². The second-order valence-electron chi connectivity index (χ2n) is 10.5. The van der Waals surface area contributed by atoms with Crippen LogP contribution in [0.4, 0.5) is 9.52 Å². The molecule has 1 unspecified atom stereocenters. The van der Waals surface area contributed by atoms with Gasteiger partial charge in [-0.05, 0) is 60.9 Å². The Morgan fingerprint density at radius 3 is 2.52 bits per heavy atom. The Balaban J connectivity index is 1.62. The molecule has 1 saturated heterocycles. The third-order valence-electron chi connectivity index (χ3n) is 7.37. The van der Waals surface area contributed by atoms with Gasteiger partial charge in [-0.1, -0.05) is 62.6 Å². The molecule has 0 aliphatic carbocycles. The minimum Gasteiger partial charge on any atom is -0.507 e. The van der Waals surface area contributed by atoms with E-state index in [4.69, 9.17) is 14.2 Å². The number of rotatable bonds is 13. The highest BCUT2D eigenvalue weighted by atomic mass is 32.1. The standard InChI is InChI=1S/C34H35FN2O6S/c1-4-6-8-17-43-26-15-12-21(19-27(26)41-3)30-29(31(38)22-10-9-11-24(18-22)42-16-7-5-2)32(39)33(40)37(30)34-36-25-14-13-23(35)20-28(25)44-34/h9-15,18-20,30,38H,4-8,16-17H2,1-3H3/b31-29+. The summed E-state index contributed by atoms with van der Waals surface area (Å²) in [5, 5.41) is 11.8. The predicted octanol–water partition coefficient (Wildman–Crippen LogP) is 7.82. The van der Waals surface area contributed by atoms with E-state index < -0.39 is 23.5 Å². The number of aromatic nitrogens is 1. The quantitative estimate of drug-likeness (QED) is 0.0706. The van der Waals surface area contributed by atoms with Gasteiger partial charge in [0, 0.05) is 5.56 Å². The van der Waals surface area contributed by atoms with Crippen LogP contribution < -0.4 is 19.1 Å². The number of amides is 1. The molecule has 1 aliphatic rings. The smallest absolute Gasteiger partial charge is 0.301 e. The van der Waals surface area contributed by atoms with Crippen molar-refractivity contribution in [3.05, 3.63) is 83.2 Å². The number of aliphatic hydroxyl groups is 1. The predicted molar refractivity (Wildman–Crippen MR) is 169 cm³/mol. The maximum atomic E-state index is 14.0. The van der Waals surface area contributed by atoms with Gasteiger partial charge in [-0.2, -0.15) is 0 Å². The van der Waals surface area contributed by atoms with Crippen LogP contribution in [0.1, 0.15) is 63.1 Å². The van der Waals surface area contributed by atoms with Gasteiger partial charge >= 0.3 is 5.91 Å². The number of hydrogen-bond donors (Lipinski definition) is 1. The fourth-order valence-corrected chi connectivity index (χ4v) is 6.08. The molecule has 1 fully saturated rings. The van der Waals surface area contributed by atoms with E-state index in [9.17, 15) is 19.1 Å². The van der Waals surface area contributed by atoms with Crippen molar-refractivity contribution in [2.24, 2.45) is 0 Å². The van der Waals surface area contributed by atoms with Gasteiger partial charge in [-0.25, -0.2) is 9.37 Å². The molecule has 0 saturated carbocycles. The summed E-state index contributed by atoms with van der Waals surface area (Å²) in [4.78, 5) is 33.2. The fourth-order valence-electron chi connectivity index (χ4n) is 5.07. The number of ketones is 1. The lowest BCUT2D eigenvalue weighted by Gasteiger charge is -2.24. The van der Waals surface area contributed by atoms with Crippen LogP contribution in [0, 0.1) is 5.82 Å². The summed E-state index contributed by atoms with van der Waals surface area (Å²) in [7, 11) is 1.51. The SMILES string of the molecule is CCCCCOc1ccc(C2/C(=C(\O)c3cccc(OCCCC)c3)C(=O)C(=O)N2c2nc3ccc(F)cc3s2)cc1OC. The second kappa shape index (κ2) is 13.9. The topological polar surface area (TPSA) is 98.2 Å². The van der Waals surface area contributed by atoms with Crippen molar-refractivity contribution < 1.29 is 33.3 Å². The van der Waals surface area contributed by atoms with Crippen LogP contribution in [0.15, 0.2) is 66.2 Å². The van der Waals surface area contributed by atoms with Crippen LogP contribution in [0.2, 0.25) is 0 Å². The summed E-state index contributed by atoms with van der Waals surface area (Å²) in [5.74, 6) is -1.03. The van der Waals surface area contributed by atoms with Gasteiger partial charge < -0.3 is 19.3 Å². The Hall–Kier alpha value is -4.44. The Kier molecular flexibility index (Phi) is 9.79. The molecule has 4 aromatic rings. The highest BCUT2D eigenvalue weighted by molar-refractivity contribution is 7.22. The molecule has 10 heteroatoms. The van der Waals surface area contributed by atoms with Crippen LogP contribution in [-0.2, 0) is 9.59 Å². The highest BCUT2D eigenvalue weighted by Crippen LogP contribution is 2.46. The molecule has 5 rings (SSSR count). The summed E-state index contributed by atoms with van der Waals surface area (Å²) in [5.41, 5.74) is 1.21.